The highest BCUT2D eigenvalue weighted by Gasteiger charge is 2.03. The largest absolute Gasteiger partial charge is 0.497 e. The van der Waals surface area contributed by atoms with Crippen LogP contribution in [0.2, 0.25) is 0 Å². The predicted molar refractivity (Wildman–Crippen MR) is 82.2 cm³/mol. The first-order chi connectivity index (χ1) is 8.61. The summed E-state index contributed by atoms with van der Waals surface area (Å²) in [5.41, 5.74) is 5.61. The normalized spacial score (nSPS) is 11.3. The molecule has 3 N–H and O–H groups in total. The highest BCUT2D eigenvalue weighted by Crippen LogP contribution is 2.22. The molecule has 0 radical (unpaired) electrons. The maximum Gasteiger partial charge on any atom is 0.230 e. The van der Waals surface area contributed by atoms with Crippen LogP contribution in [0, 0.1) is 0 Å². The van der Waals surface area contributed by atoms with Gasteiger partial charge >= 0.3 is 0 Å². The first-order valence-electron chi connectivity index (χ1n) is 5.91. The van der Waals surface area contributed by atoms with E-state index in [4.69, 9.17) is 10.5 Å². The SMILES string of the molecule is COc1cccc(SCC(=O)NCCC(C)N)c1.Cl. The van der Waals surface area contributed by atoms with E-state index in [1.54, 1.807) is 7.11 Å². The van der Waals surface area contributed by atoms with E-state index in [2.05, 4.69) is 5.32 Å². The highest BCUT2D eigenvalue weighted by molar-refractivity contribution is 8.00. The predicted octanol–water partition coefficient (Wildman–Crippen LogP) is 2.06. The summed E-state index contributed by atoms with van der Waals surface area (Å²) in [6.07, 6.45) is 0.801. The van der Waals surface area contributed by atoms with Crippen molar-refractivity contribution in [3.63, 3.8) is 0 Å². The van der Waals surface area contributed by atoms with Crippen molar-refractivity contribution >= 4 is 30.1 Å². The lowest BCUT2D eigenvalue weighted by molar-refractivity contribution is -0.118. The number of amides is 1. The number of carbonyl (C=O) groups is 1. The van der Waals surface area contributed by atoms with Gasteiger partial charge in [-0.25, -0.2) is 0 Å². The van der Waals surface area contributed by atoms with Crippen LogP contribution in [0.15, 0.2) is 29.2 Å². The van der Waals surface area contributed by atoms with Gasteiger partial charge in [-0.15, -0.1) is 24.2 Å². The number of benzene rings is 1. The maximum absolute atomic E-state index is 11.5. The van der Waals surface area contributed by atoms with Crippen molar-refractivity contribution in [2.24, 2.45) is 5.73 Å². The molecule has 1 rings (SSSR count). The molecule has 0 aliphatic heterocycles. The van der Waals surface area contributed by atoms with Crippen molar-refractivity contribution < 1.29 is 9.53 Å². The highest BCUT2D eigenvalue weighted by atomic mass is 35.5. The topological polar surface area (TPSA) is 64.3 Å². The second kappa shape index (κ2) is 9.95. The van der Waals surface area contributed by atoms with Crippen molar-refractivity contribution in [3.05, 3.63) is 24.3 Å². The molecular formula is C13H21ClN2O2S. The van der Waals surface area contributed by atoms with Gasteiger partial charge in [0.15, 0.2) is 0 Å². The van der Waals surface area contributed by atoms with E-state index in [0.29, 0.717) is 12.3 Å². The van der Waals surface area contributed by atoms with Gasteiger partial charge in [0.05, 0.1) is 12.9 Å². The van der Waals surface area contributed by atoms with Crippen LogP contribution in [-0.4, -0.2) is 31.4 Å². The smallest absolute Gasteiger partial charge is 0.230 e. The zero-order chi connectivity index (χ0) is 13.4. The van der Waals surface area contributed by atoms with Crippen LogP contribution in [0.25, 0.3) is 0 Å². The fourth-order valence-electron chi connectivity index (χ4n) is 1.33. The van der Waals surface area contributed by atoms with Crippen LogP contribution in [0.3, 0.4) is 0 Å². The molecule has 0 aromatic heterocycles. The second-order valence-corrected chi connectivity index (χ2v) is 5.13. The molecule has 0 aliphatic carbocycles. The van der Waals surface area contributed by atoms with Crippen LogP contribution in [0.1, 0.15) is 13.3 Å². The standard InChI is InChI=1S/C13H20N2O2S.ClH/c1-10(14)6-7-15-13(16)9-18-12-5-3-4-11(8-12)17-2;/h3-5,8,10H,6-7,9,14H2,1-2H3,(H,15,16);1H. The summed E-state index contributed by atoms with van der Waals surface area (Å²) in [7, 11) is 1.63. The van der Waals surface area contributed by atoms with Gasteiger partial charge in [0.1, 0.15) is 5.75 Å². The average Bonchev–Trinajstić information content (AvgIpc) is 2.36. The Labute approximate surface area is 124 Å². The molecule has 0 spiro atoms. The number of hydrogen-bond acceptors (Lipinski definition) is 4. The van der Waals surface area contributed by atoms with Crippen molar-refractivity contribution in [1.29, 1.82) is 0 Å². The molecule has 1 atom stereocenters. The van der Waals surface area contributed by atoms with Crippen LogP contribution in [0.4, 0.5) is 0 Å². The molecule has 6 heteroatoms. The minimum Gasteiger partial charge on any atom is -0.497 e. The molecule has 4 nitrogen and oxygen atoms in total. The number of hydrogen-bond donors (Lipinski definition) is 2. The van der Waals surface area contributed by atoms with Crippen LogP contribution in [-0.2, 0) is 4.79 Å². The molecule has 1 unspecified atom stereocenters. The summed E-state index contributed by atoms with van der Waals surface area (Å²) in [6.45, 7) is 2.56. The number of carbonyl (C=O) groups excluding carboxylic acids is 1. The van der Waals surface area contributed by atoms with Crippen molar-refractivity contribution in [3.8, 4) is 5.75 Å². The maximum atomic E-state index is 11.5. The summed E-state index contributed by atoms with van der Waals surface area (Å²) in [5.74, 6) is 1.24. The Balaban J connectivity index is 0.00000324. The van der Waals surface area contributed by atoms with Gasteiger partial charge in [-0.2, -0.15) is 0 Å². The zero-order valence-electron chi connectivity index (χ0n) is 11.2. The number of nitrogens with two attached hydrogens (primary N) is 1. The number of rotatable bonds is 7. The van der Waals surface area contributed by atoms with E-state index >= 15 is 0 Å². The summed E-state index contributed by atoms with van der Waals surface area (Å²) in [5, 5.41) is 2.84. The second-order valence-electron chi connectivity index (χ2n) is 4.08. The first-order valence-corrected chi connectivity index (χ1v) is 6.89. The Morgan fingerprint density at radius 1 is 1.53 bits per heavy atom. The van der Waals surface area contributed by atoms with E-state index in [-0.39, 0.29) is 24.4 Å². The molecule has 0 heterocycles. The van der Waals surface area contributed by atoms with Crippen LogP contribution in [0.5, 0.6) is 5.75 Å². The quantitative estimate of drug-likeness (QED) is 0.757. The van der Waals surface area contributed by atoms with Gasteiger partial charge in [-0.05, 0) is 31.5 Å². The van der Waals surface area contributed by atoms with Gasteiger partial charge in [0.2, 0.25) is 5.91 Å². The van der Waals surface area contributed by atoms with E-state index in [9.17, 15) is 4.79 Å². The lowest BCUT2D eigenvalue weighted by Crippen LogP contribution is -2.30. The zero-order valence-corrected chi connectivity index (χ0v) is 12.9. The molecule has 19 heavy (non-hydrogen) atoms. The number of nitrogens with one attached hydrogen (secondary N) is 1. The molecular weight excluding hydrogens is 284 g/mol. The first kappa shape index (κ1) is 18.1. The van der Waals surface area contributed by atoms with Gasteiger partial charge in [-0.3, -0.25) is 4.79 Å². The monoisotopic (exact) mass is 304 g/mol. The van der Waals surface area contributed by atoms with Gasteiger partial charge < -0.3 is 15.8 Å². The van der Waals surface area contributed by atoms with Crippen LogP contribution < -0.4 is 15.8 Å². The minimum atomic E-state index is 0. The molecule has 1 aromatic carbocycles. The Bertz CT molecular complexity index is 389. The van der Waals surface area contributed by atoms with E-state index in [1.807, 2.05) is 31.2 Å². The fraction of sp³-hybridized carbons (Fsp3) is 0.462. The Kier molecular flexibility index (Phi) is 9.47. The van der Waals surface area contributed by atoms with Crippen molar-refractivity contribution in [1.82, 2.24) is 5.32 Å². The minimum absolute atomic E-state index is 0. The summed E-state index contributed by atoms with van der Waals surface area (Å²) < 4.78 is 5.13. The lowest BCUT2D eigenvalue weighted by atomic mass is 10.2. The van der Waals surface area contributed by atoms with Gasteiger partial charge in [0.25, 0.3) is 0 Å². The molecule has 108 valence electrons. The molecule has 0 fully saturated rings. The van der Waals surface area contributed by atoms with Gasteiger partial charge in [-0.1, -0.05) is 6.07 Å². The molecule has 1 amide bonds. The van der Waals surface area contributed by atoms with E-state index in [0.717, 1.165) is 17.1 Å². The lowest BCUT2D eigenvalue weighted by Gasteiger charge is -2.07. The molecule has 0 saturated heterocycles. The Hall–Kier alpha value is -0.910. The summed E-state index contributed by atoms with van der Waals surface area (Å²) in [4.78, 5) is 12.6. The fourth-order valence-corrected chi connectivity index (χ4v) is 2.10. The third kappa shape index (κ3) is 7.97. The number of thioether (sulfide) groups is 1. The van der Waals surface area contributed by atoms with Gasteiger partial charge in [0, 0.05) is 17.5 Å². The Morgan fingerprint density at radius 3 is 2.89 bits per heavy atom. The van der Waals surface area contributed by atoms with Crippen molar-refractivity contribution in [2.75, 3.05) is 19.4 Å². The summed E-state index contributed by atoms with van der Waals surface area (Å²) in [6, 6.07) is 7.79. The van der Waals surface area contributed by atoms with Crippen LogP contribution >= 0.6 is 24.2 Å². The average molecular weight is 305 g/mol. The van der Waals surface area contributed by atoms with E-state index < -0.39 is 0 Å². The molecule has 1 aromatic rings. The Morgan fingerprint density at radius 2 is 2.26 bits per heavy atom. The summed E-state index contributed by atoms with van der Waals surface area (Å²) >= 11 is 1.49. The third-order valence-corrected chi connectivity index (χ3v) is 3.33. The number of methoxy groups -OCH3 is 1. The number of halogens is 1. The van der Waals surface area contributed by atoms with E-state index in [1.165, 1.54) is 11.8 Å². The number of ether oxygens (including phenoxy) is 1. The molecule has 0 aliphatic rings. The third-order valence-electron chi connectivity index (χ3n) is 2.33. The molecule has 0 saturated carbocycles. The molecule has 0 bridgehead atoms. The van der Waals surface area contributed by atoms with Crippen molar-refractivity contribution in [2.45, 2.75) is 24.3 Å².